The first-order chi connectivity index (χ1) is 13.4. The van der Waals surface area contributed by atoms with Gasteiger partial charge in [-0.3, -0.25) is 0 Å². The number of nitrogens with one attached hydrogen (secondary N) is 2. The van der Waals surface area contributed by atoms with Gasteiger partial charge in [0.1, 0.15) is 0 Å². The largest absolute Gasteiger partial charge is 0.493 e. The molecule has 0 saturated heterocycles. The third kappa shape index (κ3) is 6.14. The first-order valence-electron chi connectivity index (χ1n) is 8.72. The van der Waals surface area contributed by atoms with E-state index < -0.39 is 10.0 Å². The number of ether oxygens (including phenoxy) is 2. The number of rotatable bonds is 8. The van der Waals surface area contributed by atoms with E-state index in [1.807, 2.05) is 25.1 Å². The average Bonchev–Trinajstić information content (AvgIpc) is 2.69. The van der Waals surface area contributed by atoms with E-state index in [-0.39, 0.29) is 4.90 Å². The lowest BCUT2D eigenvalue weighted by molar-refractivity contribution is 0.354. The number of methoxy groups -OCH3 is 2. The number of sulfonamides is 1. The monoisotopic (exact) mass is 406 g/mol. The maximum absolute atomic E-state index is 11.3. The van der Waals surface area contributed by atoms with Crippen molar-refractivity contribution in [1.82, 2.24) is 10.6 Å². The minimum Gasteiger partial charge on any atom is -0.493 e. The summed E-state index contributed by atoms with van der Waals surface area (Å²) in [4.78, 5) is 4.66. The van der Waals surface area contributed by atoms with Crippen molar-refractivity contribution in [3.63, 3.8) is 0 Å². The van der Waals surface area contributed by atoms with Crippen LogP contribution in [0.4, 0.5) is 0 Å². The molecule has 2 rings (SSSR count). The van der Waals surface area contributed by atoms with Crippen LogP contribution in [0.25, 0.3) is 0 Å². The summed E-state index contributed by atoms with van der Waals surface area (Å²) < 4.78 is 33.2. The van der Waals surface area contributed by atoms with Crippen molar-refractivity contribution in [2.45, 2.75) is 24.9 Å². The Morgan fingerprint density at radius 2 is 1.64 bits per heavy atom. The predicted molar refractivity (Wildman–Crippen MR) is 109 cm³/mol. The number of hydrogen-bond acceptors (Lipinski definition) is 5. The van der Waals surface area contributed by atoms with Crippen LogP contribution in [0.1, 0.15) is 18.1 Å². The van der Waals surface area contributed by atoms with Crippen molar-refractivity contribution < 1.29 is 17.9 Å². The highest BCUT2D eigenvalue weighted by molar-refractivity contribution is 7.89. The van der Waals surface area contributed by atoms with Crippen LogP contribution < -0.4 is 25.2 Å². The molecule has 9 heteroatoms. The Bertz CT molecular complexity index is 912. The van der Waals surface area contributed by atoms with E-state index in [0.717, 1.165) is 11.1 Å². The van der Waals surface area contributed by atoms with E-state index in [2.05, 4.69) is 15.6 Å². The summed E-state index contributed by atoms with van der Waals surface area (Å²) in [5.41, 5.74) is 1.89. The molecule has 0 saturated carbocycles. The Hall–Kier alpha value is -2.78. The number of aliphatic imine (C=N–C) groups is 1. The lowest BCUT2D eigenvalue weighted by atomic mass is 10.2. The minimum absolute atomic E-state index is 0.0882. The molecule has 4 N–H and O–H groups in total. The fraction of sp³-hybridized carbons (Fsp3) is 0.316. The molecule has 2 aromatic rings. The Kier molecular flexibility index (Phi) is 7.65. The van der Waals surface area contributed by atoms with Gasteiger partial charge in [0.25, 0.3) is 0 Å². The molecule has 28 heavy (non-hydrogen) atoms. The van der Waals surface area contributed by atoms with Crippen LogP contribution in [0, 0.1) is 0 Å². The summed E-state index contributed by atoms with van der Waals surface area (Å²) in [6, 6.07) is 12.1. The molecular formula is C19H26N4O4S. The van der Waals surface area contributed by atoms with Gasteiger partial charge in [-0.15, -0.1) is 0 Å². The molecule has 152 valence electrons. The number of hydrogen-bond donors (Lipinski definition) is 3. The fourth-order valence-corrected chi connectivity index (χ4v) is 2.99. The number of guanidine groups is 1. The number of nitrogens with two attached hydrogens (primary N) is 1. The van der Waals surface area contributed by atoms with Crippen LogP contribution in [-0.4, -0.2) is 35.1 Å². The second-order valence-corrected chi connectivity index (χ2v) is 7.49. The average molecular weight is 407 g/mol. The maximum atomic E-state index is 11.3. The van der Waals surface area contributed by atoms with E-state index in [9.17, 15) is 8.42 Å². The normalized spacial score (nSPS) is 11.8. The predicted octanol–water partition coefficient (Wildman–Crippen LogP) is 1.61. The van der Waals surface area contributed by atoms with Gasteiger partial charge in [-0.25, -0.2) is 18.5 Å². The summed E-state index contributed by atoms with van der Waals surface area (Å²) in [6.45, 7) is 3.64. The van der Waals surface area contributed by atoms with Crippen molar-refractivity contribution in [1.29, 1.82) is 0 Å². The van der Waals surface area contributed by atoms with Crippen LogP contribution >= 0.6 is 0 Å². The van der Waals surface area contributed by atoms with Crippen LogP contribution in [0.5, 0.6) is 11.5 Å². The van der Waals surface area contributed by atoms with Crippen molar-refractivity contribution in [3.05, 3.63) is 53.6 Å². The quantitative estimate of drug-likeness (QED) is 0.453. The Morgan fingerprint density at radius 1 is 1.00 bits per heavy atom. The Balaban J connectivity index is 2.04. The van der Waals surface area contributed by atoms with Gasteiger partial charge in [-0.1, -0.05) is 18.2 Å². The van der Waals surface area contributed by atoms with Gasteiger partial charge in [0, 0.05) is 13.1 Å². The third-order valence-corrected chi connectivity index (χ3v) is 4.85. The molecule has 0 amide bonds. The van der Waals surface area contributed by atoms with Gasteiger partial charge < -0.3 is 20.1 Å². The summed E-state index contributed by atoms with van der Waals surface area (Å²) in [5.74, 6) is 1.97. The molecule has 8 nitrogen and oxygen atoms in total. The van der Waals surface area contributed by atoms with Gasteiger partial charge in [0.05, 0.1) is 25.7 Å². The lowest BCUT2D eigenvalue weighted by Gasteiger charge is -2.12. The van der Waals surface area contributed by atoms with Crippen molar-refractivity contribution in [2.75, 3.05) is 20.8 Å². The zero-order valence-electron chi connectivity index (χ0n) is 16.2. The number of nitrogens with zero attached hydrogens (tertiary/aromatic N) is 1. The van der Waals surface area contributed by atoms with Crippen molar-refractivity contribution in [3.8, 4) is 11.5 Å². The van der Waals surface area contributed by atoms with E-state index in [1.54, 1.807) is 26.4 Å². The second kappa shape index (κ2) is 9.95. The molecular weight excluding hydrogens is 380 g/mol. The zero-order valence-corrected chi connectivity index (χ0v) is 17.0. The molecule has 0 aliphatic rings. The minimum atomic E-state index is -3.69. The third-order valence-electron chi connectivity index (χ3n) is 3.92. The summed E-state index contributed by atoms with van der Waals surface area (Å²) in [6.07, 6.45) is 0. The molecule has 0 aliphatic carbocycles. The molecule has 0 aliphatic heterocycles. The molecule has 0 heterocycles. The topological polar surface area (TPSA) is 115 Å². The van der Waals surface area contributed by atoms with Gasteiger partial charge in [-0.2, -0.15) is 0 Å². The molecule has 0 spiro atoms. The first-order valence-corrected chi connectivity index (χ1v) is 10.3. The highest BCUT2D eigenvalue weighted by atomic mass is 32.2. The van der Waals surface area contributed by atoms with Crippen molar-refractivity contribution in [2.24, 2.45) is 10.1 Å². The SMILES string of the molecule is CCNC(=NCc1ccc(OC)c(OC)c1)NCc1ccc(S(N)(=O)=O)cc1. The van der Waals surface area contributed by atoms with Gasteiger partial charge in [0.15, 0.2) is 17.5 Å². The van der Waals surface area contributed by atoms with E-state index in [1.165, 1.54) is 12.1 Å². The molecule has 0 aromatic heterocycles. The molecule has 2 aromatic carbocycles. The number of benzene rings is 2. The smallest absolute Gasteiger partial charge is 0.238 e. The molecule has 0 bridgehead atoms. The lowest BCUT2D eigenvalue weighted by Crippen LogP contribution is -2.36. The Labute approximate surface area is 165 Å². The van der Waals surface area contributed by atoms with Crippen LogP contribution in [-0.2, 0) is 23.1 Å². The van der Waals surface area contributed by atoms with Gasteiger partial charge in [0.2, 0.25) is 10.0 Å². The van der Waals surface area contributed by atoms with Crippen LogP contribution in [0.15, 0.2) is 52.4 Å². The van der Waals surface area contributed by atoms with E-state index >= 15 is 0 Å². The van der Waals surface area contributed by atoms with Crippen LogP contribution in [0.2, 0.25) is 0 Å². The molecule has 0 unspecified atom stereocenters. The summed E-state index contributed by atoms with van der Waals surface area (Å²) in [5, 5.41) is 11.5. The summed E-state index contributed by atoms with van der Waals surface area (Å²) in [7, 11) is -0.495. The van der Waals surface area contributed by atoms with Gasteiger partial charge >= 0.3 is 0 Å². The molecule has 0 atom stereocenters. The van der Waals surface area contributed by atoms with Gasteiger partial charge in [-0.05, 0) is 42.3 Å². The molecule has 0 radical (unpaired) electrons. The second-order valence-electron chi connectivity index (χ2n) is 5.93. The fourth-order valence-electron chi connectivity index (χ4n) is 2.47. The highest BCUT2D eigenvalue weighted by Crippen LogP contribution is 2.27. The van der Waals surface area contributed by atoms with E-state index in [4.69, 9.17) is 14.6 Å². The maximum Gasteiger partial charge on any atom is 0.238 e. The van der Waals surface area contributed by atoms with Crippen LogP contribution in [0.3, 0.4) is 0 Å². The highest BCUT2D eigenvalue weighted by Gasteiger charge is 2.07. The Morgan fingerprint density at radius 3 is 2.21 bits per heavy atom. The van der Waals surface area contributed by atoms with E-state index in [0.29, 0.717) is 37.1 Å². The standard InChI is InChI=1S/C19H26N4O4S/c1-4-21-19(22-12-14-5-8-16(9-6-14)28(20,24)25)23-13-15-7-10-17(26-2)18(11-15)27-3/h5-11H,4,12-13H2,1-3H3,(H2,20,24,25)(H2,21,22,23). The van der Waals surface area contributed by atoms with Crippen molar-refractivity contribution >= 4 is 16.0 Å². The number of primary sulfonamides is 1. The first kappa shape index (κ1) is 21.5. The zero-order chi connectivity index (χ0) is 20.6. The molecule has 0 fully saturated rings. The summed E-state index contributed by atoms with van der Waals surface area (Å²) >= 11 is 0.